The van der Waals surface area contributed by atoms with E-state index in [4.69, 9.17) is 4.74 Å². The normalized spacial score (nSPS) is 10.7. The molecule has 0 saturated heterocycles. The molecule has 2 nitrogen and oxygen atoms in total. The molecule has 1 aromatic heterocycles. The van der Waals surface area contributed by atoms with Crippen LogP contribution >= 0.6 is 0 Å². The standard InChI is InChI=1S/C27H19F4NO/c1-2-3-12-33-21-9-11-25(32-16-21)19-8-7-18(23(28)14-19)6-4-17-5-10-22-20(13-17)15-24(29)27(31)26(22)30/h5,7-11,13-16H,2-3,12H2,1H3. The Labute approximate surface area is 188 Å². The minimum atomic E-state index is -1.52. The molecule has 0 atom stereocenters. The van der Waals surface area contributed by atoms with Crippen LogP contribution < -0.4 is 4.74 Å². The van der Waals surface area contributed by atoms with Gasteiger partial charge in [0.05, 0.1) is 24.1 Å². The molecule has 0 N–H and O–H groups in total. The molecule has 6 heteroatoms. The van der Waals surface area contributed by atoms with E-state index in [9.17, 15) is 17.6 Å². The summed E-state index contributed by atoms with van der Waals surface area (Å²) >= 11 is 0. The molecule has 0 aliphatic carbocycles. The van der Waals surface area contributed by atoms with Crippen LogP contribution in [0.3, 0.4) is 0 Å². The largest absolute Gasteiger partial charge is 0.492 e. The molecule has 4 rings (SSSR count). The number of rotatable bonds is 5. The molecule has 0 saturated carbocycles. The monoisotopic (exact) mass is 449 g/mol. The van der Waals surface area contributed by atoms with Gasteiger partial charge in [-0.1, -0.05) is 37.3 Å². The molecule has 0 unspecified atom stereocenters. The zero-order valence-corrected chi connectivity index (χ0v) is 17.8. The van der Waals surface area contributed by atoms with Crippen molar-refractivity contribution < 1.29 is 22.3 Å². The summed E-state index contributed by atoms with van der Waals surface area (Å²) < 4.78 is 61.0. The van der Waals surface area contributed by atoms with Gasteiger partial charge >= 0.3 is 0 Å². The number of hydrogen-bond acceptors (Lipinski definition) is 2. The predicted molar refractivity (Wildman–Crippen MR) is 120 cm³/mol. The highest BCUT2D eigenvalue weighted by Crippen LogP contribution is 2.25. The number of pyridine rings is 1. The van der Waals surface area contributed by atoms with Gasteiger partial charge in [0.25, 0.3) is 0 Å². The third kappa shape index (κ3) is 4.98. The van der Waals surface area contributed by atoms with Crippen LogP contribution in [-0.4, -0.2) is 11.6 Å². The number of nitrogens with zero attached hydrogens (tertiary/aromatic N) is 1. The number of unbranched alkanes of at least 4 members (excludes halogenated alkanes) is 1. The maximum Gasteiger partial charge on any atom is 0.195 e. The van der Waals surface area contributed by atoms with E-state index in [1.165, 1.54) is 24.3 Å². The van der Waals surface area contributed by atoms with Crippen molar-refractivity contribution in [3.8, 4) is 28.8 Å². The fourth-order valence-corrected chi connectivity index (χ4v) is 3.27. The molecule has 33 heavy (non-hydrogen) atoms. The fourth-order valence-electron chi connectivity index (χ4n) is 3.27. The topological polar surface area (TPSA) is 22.1 Å². The molecule has 0 aliphatic rings. The Morgan fingerprint density at radius 3 is 2.42 bits per heavy atom. The molecule has 0 spiro atoms. The van der Waals surface area contributed by atoms with E-state index in [1.54, 1.807) is 30.5 Å². The number of ether oxygens (including phenoxy) is 1. The second-order valence-corrected chi connectivity index (χ2v) is 7.45. The Morgan fingerprint density at radius 1 is 0.848 bits per heavy atom. The molecule has 0 radical (unpaired) electrons. The van der Waals surface area contributed by atoms with Crippen LogP contribution in [0.1, 0.15) is 30.9 Å². The van der Waals surface area contributed by atoms with Crippen molar-refractivity contribution >= 4 is 10.8 Å². The first kappa shape index (κ1) is 22.3. The van der Waals surface area contributed by atoms with Gasteiger partial charge in [-0.05, 0) is 54.3 Å². The highest BCUT2D eigenvalue weighted by Gasteiger charge is 2.13. The van der Waals surface area contributed by atoms with Crippen molar-refractivity contribution in [1.29, 1.82) is 0 Å². The summed E-state index contributed by atoms with van der Waals surface area (Å²) in [5.41, 5.74) is 1.77. The van der Waals surface area contributed by atoms with Crippen LogP contribution in [0.15, 0.2) is 60.8 Å². The minimum absolute atomic E-state index is 0.0516. The van der Waals surface area contributed by atoms with Crippen molar-refractivity contribution in [2.75, 3.05) is 6.61 Å². The lowest BCUT2D eigenvalue weighted by Gasteiger charge is -2.06. The van der Waals surface area contributed by atoms with Gasteiger partial charge in [0.2, 0.25) is 0 Å². The van der Waals surface area contributed by atoms with Crippen molar-refractivity contribution in [2.45, 2.75) is 19.8 Å². The van der Waals surface area contributed by atoms with Crippen LogP contribution in [-0.2, 0) is 0 Å². The van der Waals surface area contributed by atoms with E-state index >= 15 is 0 Å². The van der Waals surface area contributed by atoms with Crippen molar-refractivity contribution in [3.05, 3.63) is 95.2 Å². The Morgan fingerprint density at radius 2 is 1.70 bits per heavy atom. The van der Waals surface area contributed by atoms with Gasteiger partial charge in [-0.2, -0.15) is 0 Å². The van der Waals surface area contributed by atoms with E-state index in [0.717, 1.165) is 18.9 Å². The van der Waals surface area contributed by atoms with Crippen molar-refractivity contribution in [1.82, 2.24) is 4.98 Å². The van der Waals surface area contributed by atoms with Crippen molar-refractivity contribution in [3.63, 3.8) is 0 Å². The fraction of sp³-hybridized carbons (Fsp3) is 0.148. The van der Waals surface area contributed by atoms with Gasteiger partial charge in [0, 0.05) is 16.5 Å². The van der Waals surface area contributed by atoms with Gasteiger partial charge in [0.1, 0.15) is 11.6 Å². The summed E-state index contributed by atoms with van der Waals surface area (Å²) in [6.07, 6.45) is 3.60. The number of hydrogen-bond donors (Lipinski definition) is 0. The zero-order valence-electron chi connectivity index (χ0n) is 17.8. The molecule has 0 bridgehead atoms. The molecule has 0 amide bonds. The van der Waals surface area contributed by atoms with E-state index < -0.39 is 23.3 Å². The number of halogens is 4. The average Bonchev–Trinajstić information content (AvgIpc) is 2.82. The molecule has 3 aromatic carbocycles. The first-order chi connectivity index (χ1) is 16.0. The first-order valence-electron chi connectivity index (χ1n) is 10.4. The Kier molecular flexibility index (Phi) is 6.60. The average molecular weight is 449 g/mol. The lowest BCUT2D eigenvalue weighted by molar-refractivity contribution is 0.308. The SMILES string of the molecule is CCCCOc1ccc(-c2ccc(C#Cc3ccc4c(F)c(F)c(F)cc4c3)c(F)c2)nc1. The summed E-state index contributed by atoms with van der Waals surface area (Å²) in [7, 11) is 0. The smallest absolute Gasteiger partial charge is 0.195 e. The molecule has 1 heterocycles. The van der Waals surface area contributed by atoms with Crippen LogP contribution in [0.5, 0.6) is 5.75 Å². The zero-order chi connectivity index (χ0) is 23.4. The third-order valence-corrected chi connectivity index (χ3v) is 5.08. The summed E-state index contributed by atoms with van der Waals surface area (Å²) in [5.74, 6) is 1.60. The second kappa shape index (κ2) is 9.74. The highest BCUT2D eigenvalue weighted by molar-refractivity contribution is 5.84. The van der Waals surface area contributed by atoms with E-state index in [2.05, 4.69) is 23.7 Å². The van der Waals surface area contributed by atoms with Crippen molar-refractivity contribution in [2.24, 2.45) is 0 Å². The van der Waals surface area contributed by atoms with Crippen LogP contribution in [0, 0.1) is 35.1 Å². The van der Waals surface area contributed by atoms with Gasteiger partial charge in [-0.25, -0.2) is 17.6 Å². The van der Waals surface area contributed by atoms with Crippen LogP contribution in [0.2, 0.25) is 0 Å². The summed E-state index contributed by atoms with van der Waals surface area (Å²) in [6.45, 7) is 2.71. The Balaban J connectivity index is 1.54. The first-order valence-corrected chi connectivity index (χ1v) is 10.4. The van der Waals surface area contributed by atoms with E-state index in [1.807, 2.05) is 0 Å². The van der Waals surface area contributed by atoms with Gasteiger partial charge in [-0.15, -0.1) is 0 Å². The van der Waals surface area contributed by atoms with Crippen LogP contribution in [0.4, 0.5) is 17.6 Å². The highest BCUT2D eigenvalue weighted by atomic mass is 19.2. The van der Waals surface area contributed by atoms with E-state index in [-0.39, 0.29) is 16.3 Å². The maximum atomic E-state index is 14.6. The summed E-state index contributed by atoms with van der Waals surface area (Å²) in [4.78, 5) is 4.33. The number of aromatic nitrogens is 1. The molecule has 166 valence electrons. The molecular weight excluding hydrogens is 430 g/mol. The Bertz CT molecular complexity index is 1370. The van der Waals surface area contributed by atoms with Gasteiger partial charge in [0.15, 0.2) is 17.5 Å². The minimum Gasteiger partial charge on any atom is -0.492 e. The molecule has 0 aliphatic heterocycles. The maximum absolute atomic E-state index is 14.6. The molecule has 4 aromatic rings. The third-order valence-electron chi connectivity index (χ3n) is 5.08. The lowest BCUT2D eigenvalue weighted by Crippen LogP contribution is -1.97. The predicted octanol–water partition coefficient (Wildman–Crippen LogP) is 7.04. The number of fused-ring (bicyclic) bond motifs is 1. The van der Waals surface area contributed by atoms with E-state index in [0.29, 0.717) is 29.2 Å². The quantitative estimate of drug-likeness (QED) is 0.141. The number of benzene rings is 3. The second-order valence-electron chi connectivity index (χ2n) is 7.45. The van der Waals surface area contributed by atoms with Gasteiger partial charge in [-0.3, -0.25) is 4.98 Å². The lowest BCUT2D eigenvalue weighted by atomic mass is 10.0. The summed E-state index contributed by atoms with van der Waals surface area (Å²) in [6, 6.07) is 13.3. The molecule has 0 fully saturated rings. The Hall–Kier alpha value is -3.85. The van der Waals surface area contributed by atoms with Gasteiger partial charge < -0.3 is 4.74 Å². The summed E-state index contributed by atoms with van der Waals surface area (Å²) in [5, 5.41) is 0.117. The van der Waals surface area contributed by atoms with Crippen LogP contribution in [0.25, 0.3) is 22.0 Å². The molecular formula is C27H19F4NO.